The van der Waals surface area contributed by atoms with Crippen LogP contribution in [0.5, 0.6) is 5.88 Å². The van der Waals surface area contributed by atoms with Gasteiger partial charge in [0.05, 0.1) is 17.8 Å². The van der Waals surface area contributed by atoms with Crippen LogP contribution in [0.2, 0.25) is 0 Å². The fraction of sp³-hybridized carbons (Fsp3) is 0.438. The zero-order chi connectivity index (χ0) is 40.3. The van der Waals surface area contributed by atoms with Gasteiger partial charge in [-0.3, -0.25) is 29.6 Å². The topological polar surface area (TPSA) is 119 Å². The number of benzene rings is 2. The molecule has 0 spiro atoms. The molecule has 4 aliphatic rings. The average molecular weight is 795 g/mol. The van der Waals surface area contributed by atoms with Crippen LogP contribution in [0.4, 0.5) is 5.69 Å². The standard InChI is InChI=1S/C48H54N6O5/c1-52-41-21-22-49-29-40(41)37-16-13-34(26-43(37)52)35-14-20-45(50-28-35)59-25-8-4-7-24-58-23-6-3-2-5-10-32-30-53(31-32)36-15-17-38-39(27-36)46(33-11-9-12-33)54(48(38)57)42-18-19-44(55)51-47(42)56/h13-17,20-22,26-29,32,42H,2-12,18-19,23-25,30-31H2,1H3,(H,51,55,56). The first-order chi connectivity index (χ1) is 28.9. The van der Waals surface area contributed by atoms with Crippen molar-refractivity contribution in [3.8, 4) is 17.0 Å². The van der Waals surface area contributed by atoms with Gasteiger partial charge >= 0.3 is 0 Å². The lowest BCUT2D eigenvalue weighted by molar-refractivity contribution is -0.136. The Labute approximate surface area is 345 Å². The van der Waals surface area contributed by atoms with Crippen LogP contribution in [0, 0.1) is 5.92 Å². The molecule has 306 valence electrons. The molecule has 2 aromatic carbocycles. The Morgan fingerprint density at radius 1 is 0.763 bits per heavy atom. The number of nitrogens with zero attached hydrogens (tertiary/aromatic N) is 5. The quantitative estimate of drug-likeness (QED) is 0.0735. The number of pyridine rings is 2. The second-order valence-corrected chi connectivity index (χ2v) is 16.7. The third-order valence-corrected chi connectivity index (χ3v) is 12.8. The molecule has 11 nitrogen and oxygen atoms in total. The molecule has 1 saturated carbocycles. The lowest BCUT2D eigenvalue weighted by Crippen LogP contribution is -2.52. The molecule has 0 bridgehead atoms. The Morgan fingerprint density at radius 2 is 1.56 bits per heavy atom. The number of hydrogen-bond donors (Lipinski definition) is 1. The summed E-state index contributed by atoms with van der Waals surface area (Å²) < 4.78 is 14.1. The third kappa shape index (κ3) is 8.09. The first kappa shape index (κ1) is 38.9. The zero-order valence-corrected chi connectivity index (χ0v) is 34.1. The predicted molar refractivity (Wildman–Crippen MR) is 230 cm³/mol. The van der Waals surface area contributed by atoms with E-state index in [0.29, 0.717) is 30.4 Å². The first-order valence-corrected chi connectivity index (χ1v) is 21.7. The average Bonchev–Trinajstić information content (AvgIpc) is 3.65. The van der Waals surface area contributed by atoms with Gasteiger partial charge in [0.2, 0.25) is 17.7 Å². The van der Waals surface area contributed by atoms with Crippen LogP contribution >= 0.6 is 0 Å². The molecule has 59 heavy (non-hydrogen) atoms. The van der Waals surface area contributed by atoms with Gasteiger partial charge in [-0.1, -0.05) is 31.4 Å². The molecule has 5 aromatic rings. The van der Waals surface area contributed by atoms with Gasteiger partial charge in [-0.25, -0.2) is 4.98 Å². The number of fused-ring (bicyclic) bond motifs is 4. The lowest BCUT2D eigenvalue weighted by atomic mass is 9.87. The van der Waals surface area contributed by atoms with Gasteiger partial charge in [0.25, 0.3) is 5.91 Å². The van der Waals surface area contributed by atoms with E-state index in [9.17, 15) is 14.4 Å². The fourth-order valence-electron chi connectivity index (χ4n) is 9.23. The summed E-state index contributed by atoms with van der Waals surface area (Å²) in [6, 6.07) is 18.2. The van der Waals surface area contributed by atoms with E-state index in [1.807, 2.05) is 30.7 Å². The number of ether oxygens (including phenoxy) is 2. The number of imide groups is 1. The minimum atomic E-state index is -0.631. The number of aryl methyl sites for hydroxylation is 1. The van der Waals surface area contributed by atoms with E-state index in [2.05, 4.69) is 74.3 Å². The number of rotatable bonds is 17. The van der Waals surface area contributed by atoms with Crippen molar-refractivity contribution in [1.82, 2.24) is 24.8 Å². The Kier molecular flexibility index (Phi) is 11.5. The van der Waals surface area contributed by atoms with Gasteiger partial charge in [-0.2, -0.15) is 0 Å². The maximum atomic E-state index is 13.6. The van der Waals surface area contributed by atoms with Crippen LogP contribution in [0.15, 0.2) is 78.8 Å². The highest BCUT2D eigenvalue weighted by Crippen LogP contribution is 2.45. The van der Waals surface area contributed by atoms with Crippen LogP contribution in [0.3, 0.4) is 0 Å². The van der Waals surface area contributed by atoms with Gasteiger partial charge in [-0.05, 0) is 111 Å². The molecule has 9 rings (SSSR count). The van der Waals surface area contributed by atoms with Gasteiger partial charge in [-0.15, -0.1) is 0 Å². The Bertz CT molecular complexity index is 2390. The Hall–Kier alpha value is -5.55. The minimum Gasteiger partial charge on any atom is -0.478 e. The number of piperidine rings is 1. The third-order valence-electron chi connectivity index (χ3n) is 12.8. The van der Waals surface area contributed by atoms with Crippen LogP contribution < -0.4 is 15.0 Å². The molecule has 3 amide bonds. The van der Waals surface area contributed by atoms with Crippen molar-refractivity contribution in [2.75, 3.05) is 37.8 Å². The van der Waals surface area contributed by atoms with Crippen LogP contribution in [0.1, 0.15) is 99.4 Å². The highest BCUT2D eigenvalue weighted by atomic mass is 16.5. The van der Waals surface area contributed by atoms with Gasteiger partial charge < -0.3 is 18.9 Å². The number of unbranched alkanes of at least 4 members (excludes halogenated alkanes) is 5. The molecule has 1 atom stereocenters. The smallest absolute Gasteiger partial charge is 0.259 e. The Balaban J connectivity index is 0.621. The molecule has 3 aliphatic heterocycles. The van der Waals surface area contributed by atoms with Crippen molar-refractivity contribution in [2.45, 2.75) is 89.5 Å². The summed E-state index contributed by atoms with van der Waals surface area (Å²) in [6.45, 7) is 4.35. The SMILES string of the molecule is Cn1c2ccncc2c2ccc(-c3ccc(OCCCCCOCCCCCCC4CN(c5ccc6c(c5)C(=C5CCC5)N(C5CCC(=O)NC5=O)C6=O)C4)nc3)cc21. The maximum Gasteiger partial charge on any atom is 0.259 e. The number of carbonyl (C=O) groups is 3. The number of carbonyl (C=O) groups excluding carboxylic acids is 3. The molecule has 1 unspecified atom stereocenters. The summed E-state index contributed by atoms with van der Waals surface area (Å²) in [5, 5.41) is 4.82. The number of hydrogen-bond acceptors (Lipinski definition) is 8. The molecule has 1 N–H and O–H groups in total. The van der Waals surface area contributed by atoms with E-state index in [1.165, 1.54) is 53.1 Å². The van der Waals surface area contributed by atoms with E-state index in [4.69, 9.17) is 9.47 Å². The summed E-state index contributed by atoms with van der Waals surface area (Å²) in [6.07, 6.45) is 18.4. The first-order valence-electron chi connectivity index (χ1n) is 21.7. The monoisotopic (exact) mass is 794 g/mol. The largest absolute Gasteiger partial charge is 0.478 e. The molecule has 11 heteroatoms. The molecule has 3 fully saturated rings. The van der Waals surface area contributed by atoms with Crippen molar-refractivity contribution in [3.63, 3.8) is 0 Å². The number of anilines is 1. The highest BCUT2D eigenvalue weighted by molar-refractivity contribution is 6.14. The Morgan fingerprint density at radius 3 is 2.34 bits per heavy atom. The number of nitrogens with one attached hydrogen (secondary N) is 1. The number of amides is 3. The molecule has 6 heterocycles. The second-order valence-electron chi connectivity index (χ2n) is 16.7. The molecular weight excluding hydrogens is 741 g/mol. The number of aromatic nitrogens is 3. The van der Waals surface area contributed by atoms with E-state index < -0.39 is 6.04 Å². The summed E-state index contributed by atoms with van der Waals surface area (Å²) in [5.41, 5.74) is 9.48. The van der Waals surface area contributed by atoms with Gasteiger partial charge in [0, 0.05) is 103 Å². The van der Waals surface area contributed by atoms with Crippen molar-refractivity contribution in [3.05, 3.63) is 89.9 Å². The van der Waals surface area contributed by atoms with Crippen molar-refractivity contribution < 1.29 is 23.9 Å². The minimum absolute atomic E-state index is 0.120. The summed E-state index contributed by atoms with van der Waals surface area (Å²) in [5.74, 6) is 0.603. The van der Waals surface area contributed by atoms with Crippen molar-refractivity contribution >= 4 is 50.9 Å². The molecular formula is C48H54N6O5. The van der Waals surface area contributed by atoms with E-state index in [0.717, 1.165) is 99.3 Å². The lowest BCUT2D eigenvalue weighted by Gasteiger charge is -2.41. The molecule has 2 saturated heterocycles. The van der Waals surface area contributed by atoms with E-state index in [1.54, 1.807) is 4.90 Å². The fourth-order valence-corrected chi connectivity index (χ4v) is 9.23. The van der Waals surface area contributed by atoms with Crippen LogP contribution in [-0.4, -0.2) is 76.1 Å². The van der Waals surface area contributed by atoms with E-state index in [-0.39, 0.29) is 24.1 Å². The van der Waals surface area contributed by atoms with Crippen molar-refractivity contribution in [1.29, 1.82) is 0 Å². The van der Waals surface area contributed by atoms with Gasteiger partial charge in [0.15, 0.2) is 0 Å². The van der Waals surface area contributed by atoms with E-state index >= 15 is 0 Å². The second kappa shape index (κ2) is 17.4. The molecule has 1 aliphatic carbocycles. The van der Waals surface area contributed by atoms with Gasteiger partial charge in [0.1, 0.15) is 6.04 Å². The normalized spacial score (nSPS) is 18.1. The summed E-state index contributed by atoms with van der Waals surface area (Å²) in [7, 11) is 2.10. The number of allylic oxidation sites excluding steroid dienone is 1. The summed E-state index contributed by atoms with van der Waals surface area (Å²) in [4.78, 5) is 51.2. The zero-order valence-electron chi connectivity index (χ0n) is 34.1. The predicted octanol–water partition coefficient (Wildman–Crippen LogP) is 8.60. The molecule has 3 aromatic heterocycles. The van der Waals surface area contributed by atoms with Crippen molar-refractivity contribution in [2.24, 2.45) is 13.0 Å². The maximum absolute atomic E-state index is 13.6. The highest BCUT2D eigenvalue weighted by Gasteiger charge is 2.44. The summed E-state index contributed by atoms with van der Waals surface area (Å²) >= 11 is 0. The van der Waals surface area contributed by atoms with Crippen LogP contribution in [0.25, 0.3) is 38.6 Å². The van der Waals surface area contributed by atoms with Crippen LogP contribution in [-0.2, 0) is 21.4 Å². The molecule has 0 radical (unpaired) electrons.